The fraction of sp³-hybridized carbons (Fsp3) is 0.231. The van der Waals surface area contributed by atoms with Crippen molar-refractivity contribution in [2.45, 2.75) is 0 Å². The van der Waals surface area contributed by atoms with Gasteiger partial charge in [-0.1, -0.05) is 0 Å². The van der Waals surface area contributed by atoms with Crippen molar-refractivity contribution in [3.8, 4) is 0 Å². The minimum atomic E-state index is -3.37. The van der Waals surface area contributed by atoms with E-state index in [4.69, 9.17) is 35.1 Å². The van der Waals surface area contributed by atoms with Crippen LogP contribution in [0.15, 0.2) is 41.9 Å². The number of hydrogen-bond acceptors (Lipinski definition) is 9. The van der Waals surface area contributed by atoms with Gasteiger partial charge in [0.2, 0.25) is 0 Å². The number of hydrogen-bond donors (Lipinski definition) is 4. The van der Waals surface area contributed by atoms with Gasteiger partial charge in [0, 0.05) is 0 Å². The fourth-order valence-electron chi connectivity index (χ4n) is 0.978. The van der Waals surface area contributed by atoms with E-state index < -0.39 is 38.7 Å². The predicted molar refractivity (Wildman–Crippen MR) is 75.6 cm³/mol. The Morgan fingerprint density at radius 3 is 1.42 bits per heavy atom. The molecule has 0 unspecified atom stereocenters. The van der Waals surface area contributed by atoms with Gasteiger partial charge in [-0.2, -0.15) is 18.2 Å². The molecule has 11 heteroatoms. The molecule has 0 fully saturated rings. The van der Waals surface area contributed by atoms with Crippen LogP contribution in [0, 0.1) is 12.8 Å². The monoisotopic (exact) mass is 402 g/mol. The van der Waals surface area contributed by atoms with Crippen LogP contribution in [0.1, 0.15) is 0 Å². The van der Waals surface area contributed by atoms with Crippen LogP contribution in [-0.2, 0) is 26.7 Å². The van der Waals surface area contributed by atoms with E-state index in [0.29, 0.717) is 0 Å². The van der Waals surface area contributed by atoms with Crippen LogP contribution in [-0.4, -0.2) is 45.5 Å². The van der Waals surface area contributed by atoms with Gasteiger partial charge in [0.05, 0.1) is 13.2 Å². The molecule has 24 heavy (non-hydrogen) atoms. The van der Waals surface area contributed by atoms with Crippen molar-refractivity contribution < 1.29 is 61.8 Å². The first-order chi connectivity index (χ1) is 10.3. The maximum Gasteiger partial charge on any atom is 3.00 e. The van der Waals surface area contributed by atoms with Crippen molar-refractivity contribution in [1.29, 1.82) is 0 Å². The molecule has 1 aromatic carbocycles. The molecular weight excluding hydrogens is 386 g/mol. The smallest absolute Gasteiger partial charge is 0.854 e. The molecule has 0 spiro atoms. The fourth-order valence-corrected chi connectivity index (χ4v) is 0.978. The third kappa shape index (κ3) is 12.1. The first-order valence-corrected chi connectivity index (χ1v) is 6.50. The molecule has 1 aromatic rings. The zero-order valence-corrected chi connectivity index (χ0v) is 14.5. The molecule has 0 aromatic heterocycles. The minimum absolute atomic E-state index is 0. The average Bonchev–Trinajstić information content (AvgIpc) is 3.07. The molecular formula is C13H16MnO9P-2. The van der Waals surface area contributed by atoms with E-state index in [2.05, 4.69) is 0 Å². The molecule has 136 valence electrons. The summed E-state index contributed by atoms with van der Waals surface area (Å²) in [7, 11) is -3.37. The molecule has 1 rings (SSSR count). The first-order valence-electron chi connectivity index (χ1n) is 5.41. The second kappa shape index (κ2) is 17.9. The molecule has 0 aliphatic carbocycles. The van der Waals surface area contributed by atoms with Crippen LogP contribution in [0.3, 0.4) is 0 Å². The standard InChI is InChI=1S/C7H8O6.C5H5.CH3.Mn.O3P/c8-1-5(12)7(3-10,4-11)6(13)2-9;1-2-4-5-3-1;;;1-4(2)3/h10-13H,3-4H2;1-5H;1H3;;/q;2*-1;+3;-3. The zero-order valence-electron chi connectivity index (χ0n) is 12.5. The van der Waals surface area contributed by atoms with Crippen molar-refractivity contribution in [3.05, 3.63) is 49.3 Å². The third-order valence-electron chi connectivity index (χ3n) is 2.20. The normalized spacial score (nSPS) is 8.58. The van der Waals surface area contributed by atoms with E-state index in [0.717, 1.165) is 11.9 Å². The molecule has 0 atom stereocenters. The number of carbonyl (C=O) groups excluding carboxylic acids is 2. The molecule has 0 saturated carbocycles. The summed E-state index contributed by atoms with van der Waals surface area (Å²) in [6, 6.07) is 10.0. The van der Waals surface area contributed by atoms with Gasteiger partial charge in [0.15, 0.2) is 28.8 Å². The first kappa shape index (κ1) is 30.5. The van der Waals surface area contributed by atoms with Gasteiger partial charge in [0.25, 0.3) is 0 Å². The third-order valence-corrected chi connectivity index (χ3v) is 2.20. The maximum atomic E-state index is 10.0. The Hall–Kier alpha value is -1.40. The molecule has 0 bridgehead atoms. The Labute approximate surface area is 150 Å². The molecule has 0 amide bonds. The Bertz CT molecular complexity index is 442. The van der Waals surface area contributed by atoms with Crippen LogP contribution in [0.4, 0.5) is 0 Å². The van der Waals surface area contributed by atoms with Gasteiger partial charge in [-0.3, -0.25) is 0 Å². The zero-order chi connectivity index (χ0) is 17.6. The van der Waals surface area contributed by atoms with Crippen molar-refractivity contribution in [2.24, 2.45) is 5.41 Å². The van der Waals surface area contributed by atoms with Crippen molar-refractivity contribution in [3.63, 3.8) is 0 Å². The maximum absolute atomic E-state index is 10.0. The summed E-state index contributed by atoms with van der Waals surface area (Å²) < 4.78 is 0. The van der Waals surface area contributed by atoms with Crippen LogP contribution < -0.4 is 14.7 Å². The Morgan fingerprint density at radius 2 is 1.29 bits per heavy atom. The molecule has 9 nitrogen and oxygen atoms in total. The minimum Gasteiger partial charge on any atom is -0.854 e. The molecule has 0 radical (unpaired) electrons. The largest absolute Gasteiger partial charge is 3.00 e. The van der Waals surface area contributed by atoms with E-state index in [1.807, 2.05) is 30.3 Å². The van der Waals surface area contributed by atoms with E-state index >= 15 is 0 Å². The van der Waals surface area contributed by atoms with Crippen LogP contribution in [0.2, 0.25) is 0 Å². The van der Waals surface area contributed by atoms with E-state index in [1.54, 1.807) is 0 Å². The van der Waals surface area contributed by atoms with Crippen LogP contribution in [0.5, 0.6) is 0 Å². The van der Waals surface area contributed by atoms with Gasteiger partial charge in [-0.15, -0.1) is 0 Å². The average molecular weight is 402 g/mol. The van der Waals surface area contributed by atoms with Gasteiger partial charge < -0.3 is 51.1 Å². The molecule has 0 aliphatic heterocycles. The van der Waals surface area contributed by atoms with E-state index in [9.17, 15) is 9.59 Å². The van der Waals surface area contributed by atoms with Crippen LogP contribution in [0.25, 0.3) is 0 Å². The summed E-state index contributed by atoms with van der Waals surface area (Å²) in [4.78, 5) is 45.4. The second-order valence-corrected chi connectivity index (χ2v) is 3.93. The number of rotatable bonds is 4. The Balaban J connectivity index is -0.000000150. The summed E-state index contributed by atoms with van der Waals surface area (Å²) in [5.41, 5.74) is -2.19. The van der Waals surface area contributed by atoms with Gasteiger partial charge in [-0.05, 0) is 0 Å². The van der Waals surface area contributed by atoms with Gasteiger partial charge in [-0.25, -0.2) is 21.7 Å². The van der Waals surface area contributed by atoms with Gasteiger partial charge in [0.1, 0.15) is 0 Å². The second-order valence-electron chi connectivity index (χ2n) is 3.49. The van der Waals surface area contributed by atoms with Crippen LogP contribution >= 0.6 is 8.60 Å². The predicted octanol–water partition coefficient (Wildman–Crippen LogP) is -2.35. The molecule has 0 saturated heterocycles. The van der Waals surface area contributed by atoms with Crippen molar-refractivity contribution in [2.75, 3.05) is 13.2 Å². The summed E-state index contributed by atoms with van der Waals surface area (Å²) in [5, 5.41) is 35.2. The van der Waals surface area contributed by atoms with E-state index in [-0.39, 0.29) is 24.5 Å². The summed E-state index contributed by atoms with van der Waals surface area (Å²) in [6.45, 7) is -2.02. The Morgan fingerprint density at radius 1 is 1.00 bits per heavy atom. The summed E-state index contributed by atoms with van der Waals surface area (Å²) >= 11 is 0. The topological polar surface area (TPSA) is 184 Å². The SMILES string of the molecule is O=C=C(O)C(CO)(CO)C(O)=C=O.[CH3-].[Mn+3].[O-]P([O-])[O-].c1cc[cH-]c1. The molecule has 0 heterocycles. The molecule has 4 N–H and O–H groups in total. The van der Waals surface area contributed by atoms with Crippen molar-refractivity contribution in [1.82, 2.24) is 0 Å². The Kier molecular flexibility index (Phi) is 22.8. The molecule has 0 aliphatic rings. The summed E-state index contributed by atoms with van der Waals surface area (Å²) in [6.07, 6.45) is 0. The van der Waals surface area contributed by atoms with E-state index in [1.165, 1.54) is 0 Å². The number of aliphatic hydroxyl groups is 4. The quantitative estimate of drug-likeness (QED) is 0.141. The summed E-state index contributed by atoms with van der Waals surface area (Å²) in [5.74, 6) is -0.378. The van der Waals surface area contributed by atoms with Crippen molar-refractivity contribution >= 4 is 20.5 Å². The van der Waals surface area contributed by atoms with Gasteiger partial charge >= 0.3 is 17.1 Å². The number of aliphatic hydroxyl groups excluding tert-OH is 4.